The predicted molar refractivity (Wildman–Crippen MR) is 207 cm³/mol. The number of nitrogens with one attached hydrogen (secondary N) is 3. The van der Waals surface area contributed by atoms with Gasteiger partial charge in [0.05, 0.1) is 19.9 Å². The molecule has 2 aliphatic heterocycles. The lowest BCUT2D eigenvalue weighted by atomic mass is 9.88. The lowest BCUT2D eigenvalue weighted by Crippen LogP contribution is -2.59. The first-order chi connectivity index (χ1) is 26.8. The molecule has 0 bridgehead atoms. The summed E-state index contributed by atoms with van der Waals surface area (Å²) in [6.45, 7) is 6.61. The van der Waals surface area contributed by atoms with Crippen LogP contribution in [0.5, 0.6) is 11.6 Å². The largest absolute Gasteiger partial charge is 0.494 e. The van der Waals surface area contributed by atoms with Crippen LogP contribution in [-0.4, -0.2) is 93.2 Å². The van der Waals surface area contributed by atoms with E-state index in [9.17, 15) is 32.3 Å². The first-order valence-electron chi connectivity index (χ1n) is 19.3. The van der Waals surface area contributed by atoms with E-state index in [1.54, 1.807) is 31.3 Å². The summed E-state index contributed by atoms with van der Waals surface area (Å²) in [5.74, 6) is -2.22. The van der Waals surface area contributed by atoms with Gasteiger partial charge in [-0.3, -0.25) is 14.4 Å². The quantitative estimate of drug-likeness (QED) is 0.156. The molecular formula is C40H51F4N5O7S. The lowest BCUT2D eigenvalue weighted by molar-refractivity contribution is -0.244. The molecule has 3 N–H and O–H groups in total. The van der Waals surface area contributed by atoms with Crippen molar-refractivity contribution in [1.29, 1.82) is 0 Å². The van der Waals surface area contributed by atoms with Gasteiger partial charge in [0.2, 0.25) is 23.3 Å². The Morgan fingerprint density at radius 3 is 2.46 bits per heavy atom. The summed E-state index contributed by atoms with van der Waals surface area (Å²) >= 11 is 0. The molecule has 57 heavy (non-hydrogen) atoms. The Labute approximate surface area is 331 Å². The molecule has 312 valence electrons. The van der Waals surface area contributed by atoms with E-state index in [-0.39, 0.29) is 31.2 Å². The Balaban J connectivity index is 1.35. The first kappa shape index (κ1) is 42.2. The summed E-state index contributed by atoms with van der Waals surface area (Å²) in [6.07, 6.45) is 0.650. The van der Waals surface area contributed by atoms with Gasteiger partial charge in [-0.25, -0.2) is 14.2 Å². The smallest absolute Gasteiger partial charge is 0.427 e. The number of allylic oxidation sites excluding steroid dienone is 1. The van der Waals surface area contributed by atoms with E-state index in [4.69, 9.17) is 14.2 Å². The van der Waals surface area contributed by atoms with Crippen LogP contribution in [0.25, 0.3) is 10.8 Å². The standard InChI is InChI=1S/C40H51F4N5O7S/c1-7-57(38(41)16-17-38)48-35(52)39-20-25(39)13-9-8-12-23(2)18-24(3)31(46-36(53)56-37(4,5)40(42,43)44)34(51)49-22-26(19-29(49)32(50)47-39)55-33-28-15-11-10-14-27(28)30(54-6)21-45-33/h7,9-11,13-15,21,23-26,29,31H,8,12,16-20,22H2,1-6H3,(H,46,53)(H,47,50)(H,48,52)/b13-9-/t23-,24+,25+,26+,29-,31-,39+,57?/m0/s1. The third-order valence-electron chi connectivity index (χ3n) is 11.4. The van der Waals surface area contributed by atoms with Crippen molar-refractivity contribution in [3.05, 3.63) is 42.6 Å². The molecule has 0 spiro atoms. The van der Waals surface area contributed by atoms with Gasteiger partial charge in [0, 0.05) is 23.1 Å². The van der Waals surface area contributed by atoms with Crippen molar-refractivity contribution < 1.29 is 51.0 Å². The number of halogens is 4. The van der Waals surface area contributed by atoms with Crippen molar-refractivity contribution in [3.8, 4) is 11.6 Å². The number of ether oxygens (including phenoxy) is 3. The molecule has 8 atom stereocenters. The van der Waals surface area contributed by atoms with Gasteiger partial charge in [-0.05, 0) is 82.6 Å². The highest BCUT2D eigenvalue weighted by Gasteiger charge is 2.62. The van der Waals surface area contributed by atoms with Crippen LogP contribution in [0.15, 0.2) is 42.6 Å². The van der Waals surface area contributed by atoms with Crippen LogP contribution in [0.4, 0.5) is 22.4 Å². The second-order valence-electron chi connectivity index (χ2n) is 16.2. The van der Waals surface area contributed by atoms with Crippen LogP contribution in [-0.2, 0) is 19.1 Å². The monoisotopic (exact) mass is 821 g/mol. The van der Waals surface area contributed by atoms with E-state index in [2.05, 4.69) is 20.3 Å². The average Bonchev–Trinajstić information content (AvgIpc) is 4.03. The van der Waals surface area contributed by atoms with Gasteiger partial charge in [-0.1, -0.05) is 54.9 Å². The molecule has 1 unspecified atom stereocenters. The summed E-state index contributed by atoms with van der Waals surface area (Å²) in [5, 5.41) is 6.76. The fourth-order valence-electron chi connectivity index (χ4n) is 7.69. The zero-order valence-electron chi connectivity index (χ0n) is 32.9. The molecular weight excluding hydrogens is 771 g/mol. The van der Waals surface area contributed by atoms with Crippen LogP contribution in [0, 0.1) is 17.8 Å². The van der Waals surface area contributed by atoms with Crippen LogP contribution >= 0.6 is 10.7 Å². The molecule has 4 amide bonds. The molecule has 6 rings (SSSR count). The minimum Gasteiger partial charge on any atom is -0.494 e. The molecule has 0 radical (unpaired) electrons. The molecule has 1 saturated heterocycles. The number of amides is 4. The van der Waals surface area contributed by atoms with Gasteiger partial charge in [0.15, 0.2) is 5.00 Å². The maximum Gasteiger partial charge on any atom is 0.427 e. The van der Waals surface area contributed by atoms with Gasteiger partial charge in [-0.2, -0.15) is 13.2 Å². The third-order valence-corrected chi connectivity index (χ3v) is 13.5. The fraction of sp³-hybridized carbons (Fsp3) is 0.600. The van der Waals surface area contributed by atoms with E-state index in [1.807, 2.05) is 31.2 Å². The Morgan fingerprint density at radius 1 is 1.11 bits per heavy atom. The number of aromatic nitrogens is 1. The molecule has 4 aliphatic rings. The Bertz CT molecular complexity index is 1960. The van der Waals surface area contributed by atoms with Crippen molar-refractivity contribution in [2.24, 2.45) is 17.8 Å². The van der Waals surface area contributed by atoms with Crippen molar-refractivity contribution in [2.75, 3.05) is 13.7 Å². The summed E-state index contributed by atoms with van der Waals surface area (Å²) in [7, 11) is 0.326. The van der Waals surface area contributed by atoms with Gasteiger partial charge < -0.3 is 34.5 Å². The zero-order valence-corrected chi connectivity index (χ0v) is 33.7. The number of alkyl carbamates (subject to hydrolysis) is 1. The van der Waals surface area contributed by atoms with Gasteiger partial charge in [0.1, 0.15) is 29.5 Å². The number of hydrogen-bond acceptors (Lipinski definition) is 8. The van der Waals surface area contributed by atoms with E-state index < -0.39 is 86.8 Å². The van der Waals surface area contributed by atoms with Crippen molar-refractivity contribution in [3.63, 3.8) is 0 Å². The minimum absolute atomic E-state index is 0.00255. The zero-order chi connectivity index (χ0) is 41.5. The Hall–Kier alpha value is -4.41. The lowest BCUT2D eigenvalue weighted by Gasteiger charge is -2.34. The number of alkyl halides is 4. The molecule has 3 heterocycles. The third kappa shape index (κ3) is 8.87. The number of carbonyl (C=O) groups is 4. The average molecular weight is 822 g/mol. The maximum atomic E-state index is 15.2. The Kier molecular flexibility index (Phi) is 11.9. The molecule has 1 aromatic carbocycles. The molecule has 12 nitrogen and oxygen atoms in total. The van der Waals surface area contributed by atoms with Crippen molar-refractivity contribution >= 4 is 50.6 Å². The number of rotatable bonds is 8. The van der Waals surface area contributed by atoms with Gasteiger partial charge >= 0.3 is 12.3 Å². The van der Waals surface area contributed by atoms with Crippen LogP contribution < -0.4 is 24.8 Å². The van der Waals surface area contributed by atoms with Crippen LogP contribution in [0.1, 0.15) is 79.6 Å². The van der Waals surface area contributed by atoms with Crippen LogP contribution in [0.3, 0.4) is 0 Å². The SMILES string of the molecule is C/C=S(/NC(=O)[C@@]12C[C@H]1/C=C\CC[C@H](C)C[C@@H](C)[C@H](NC(=O)OC(C)(C)C(F)(F)F)C(=O)N1C[C@H](Oc3ncc(OC)c4ccccc34)C[C@H]1C(=O)N2)C1(F)CC1. The number of nitrogens with zero attached hydrogens (tertiary/aromatic N) is 2. The molecule has 3 fully saturated rings. The maximum absolute atomic E-state index is 15.2. The number of methoxy groups -OCH3 is 1. The molecule has 2 saturated carbocycles. The first-order valence-corrected chi connectivity index (χ1v) is 20.6. The summed E-state index contributed by atoms with van der Waals surface area (Å²) in [5.41, 5.74) is -4.28. The number of carbonyl (C=O) groups excluding carboxylic acids is 4. The summed E-state index contributed by atoms with van der Waals surface area (Å²) < 4.78 is 76.0. The number of pyridine rings is 1. The highest BCUT2D eigenvalue weighted by molar-refractivity contribution is 8.15. The molecule has 2 aliphatic carbocycles. The second-order valence-corrected chi connectivity index (χ2v) is 18.2. The van der Waals surface area contributed by atoms with Crippen molar-refractivity contribution in [2.45, 2.75) is 120 Å². The number of hydrogen-bond donors (Lipinski definition) is 3. The summed E-state index contributed by atoms with van der Waals surface area (Å²) in [6, 6.07) is 4.60. The van der Waals surface area contributed by atoms with E-state index in [1.165, 1.54) is 18.2 Å². The summed E-state index contributed by atoms with van der Waals surface area (Å²) in [4.78, 5) is 62.2. The highest BCUT2D eigenvalue weighted by Crippen LogP contribution is 2.53. The topological polar surface area (TPSA) is 148 Å². The molecule has 2 aromatic rings. The molecule has 1 aromatic heterocycles. The predicted octanol–water partition coefficient (Wildman–Crippen LogP) is 6.50. The number of benzene rings is 1. The Morgan fingerprint density at radius 2 is 1.81 bits per heavy atom. The van der Waals surface area contributed by atoms with E-state index >= 15 is 4.39 Å². The van der Waals surface area contributed by atoms with Gasteiger partial charge in [0.25, 0.3) is 5.91 Å². The van der Waals surface area contributed by atoms with E-state index in [0.29, 0.717) is 62.5 Å². The fourth-order valence-corrected chi connectivity index (χ4v) is 9.33. The van der Waals surface area contributed by atoms with E-state index in [0.717, 1.165) is 0 Å². The minimum atomic E-state index is -4.89. The van der Waals surface area contributed by atoms with Gasteiger partial charge in [-0.15, -0.1) is 0 Å². The highest BCUT2D eigenvalue weighted by atomic mass is 32.2. The van der Waals surface area contributed by atoms with Crippen molar-refractivity contribution in [1.82, 2.24) is 25.2 Å². The molecule has 17 heteroatoms. The second kappa shape index (κ2) is 16.1. The normalized spacial score (nSPS) is 30.1. The number of fused-ring (bicyclic) bond motifs is 3. The van der Waals surface area contributed by atoms with Crippen LogP contribution in [0.2, 0.25) is 0 Å².